The molecule has 3 aromatic rings. The average Bonchev–Trinajstić information content (AvgIpc) is 3.41. The van der Waals surface area contributed by atoms with E-state index in [2.05, 4.69) is 74.7 Å². The summed E-state index contributed by atoms with van der Waals surface area (Å²) in [5.74, 6) is 2.44. The van der Waals surface area contributed by atoms with E-state index in [0.29, 0.717) is 0 Å². The summed E-state index contributed by atoms with van der Waals surface area (Å²) in [5, 5.41) is 1.36. The predicted molar refractivity (Wildman–Crippen MR) is 140 cm³/mol. The Kier molecular flexibility index (Phi) is 4.84. The lowest BCUT2D eigenvalue weighted by molar-refractivity contribution is -0.718. The van der Waals surface area contributed by atoms with Crippen molar-refractivity contribution in [1.29, 1.82) is 0 Å². The van der Waals surface area contributed by atoms with Crippen LogP contribution < -0.4 is 4.57 Å². The first-order chi connectivity index (χ1) is 16.0. The summed E-state index contributed by atoms with van der Waals surface area (Å²) in [6.45, 7) is 14.1. The first kappa shape index (κ1) is 21.1. The Morgan fingerprint density at radius 3 is 2.52 bits per heavy atom. The fourth-order valence-corrected chi connectivity index (χ4v) is 7.81. The lowest BCUT2D eigenvalue weighted by Crippen LogP contribution is -2.59. The van der Waals surface area contributed by atoms with Crippen LogP contribution in [0.1, 0.15) is 99.8 Å². The summed E-state index contributed by atoms with van der Waals surface area (Å²) in [6, 6.07) is 16.7. The molecule has 2 heterocycles. The van der Waals surface area contributed by atoms with E-state index in [9.17, 15) is 0 Å². The predicted octanol–water partition coefficient (Wildman–Crippen LogP) is 8.43. The van der Waals surface area contributed by atoms with Crippen LogP contribution >= 0.6 is 0 Å². The van der Waals surface area contributed by atoms with Crippen LogP contribution in [0.4, 0.5) is 0 Å². The fraction of sp³-hybridized carbons (Fsp3) is 0.469. The van der Waals surface area contributed by atoms with Crippen molar-refractivity contribution < 1.29 is 4.57 Å². The third kappa shape index (κ3) is 2.74. The molecule has 0 radical (unpaired) electrons. The maximum absolute atomic E-state index is 4.80. The molecule has 1 nitrogen and oxygen atoms in total. The minimum Gasteiger partial charge on any atom is -0.182 e. The summed E-state index contributed by atoms with van der Waals surface area (Å²) in [6.07, 6.45) is 9.02. The van der Waals surface area contributed by atoms with E-state index in [1.54, 1.807) is 11.1 Å². The van der Waals surface area contributed by atoms with Gasteiger partial charge in [0.1, 0.15) is 0 Å². The second kappa shape index (κ2) is 7.55. The molecule has 3 unspecified atom stereocenters. The normalized spacial score (nSPS) is 24.1. The lowest BCUT2D eigenvalue weighted by atomic mass is 9.72. The van der Waals surface area contributed by atoms with Gasteiger partial charge in [0.05, 0.1) is 5.56 Å². The number of hydrogen-bond acceptors (Lipinski definition) is 0. The van der Waals surface area contributed by atoms with Crippen LogP contribution in [0.5, 0.6) is 0 Å². The number of aromatic nitrogens is 1. The third-order valence-electron chi connectivity index (χ3n) is 9.64. The molecule has 0 amide bonds. The molecule has 3 atom stereocenters. The Labute approximate surface area is 199 Å². The van der Waals surface area contributed by atoms with Gasteiger partial charge in [0.25, 0.3) is 0 Å². The molecule has 2 bridgehead atoms. The van der Waals surface area contributed by atoms with Gasteiger partial charge in [0.2, 0.25) is 11.2 Å². The second-order valence-electron chi connectivity index (χ2n) is 11.0. The number of allylic oxidation sites excluding steroid dienone is 1. The Balaban J connectivity index is 1.60. The third-order valence-corrected chi connectivity index (χ3v) is 9.64. The molecule has 2 aromatic carbocycles. The molecule has 1 fully saturated rings. The van der Waals surface area contributed by atoms with Crippen LogP contribution in [0.15, 0.2) is 49.0 Å². The number of aryl methyl sites for hydroxylation is 1. The van der Waals surface area contributed by atoms with E-state index in [4.69, 9.17) is 6.58 Å². The first-order valence-electron chi connectivity index (χ1n) is 13.4. The van der Waals surface area contributed by atoms with Gasteiger partial charge in [-0.3, -0.25) is 0 Å². The van der Waals surface area contributed by atoms with E-state index in [1.807, 2.05) is 0 Å². The first-order valence-corrected chi connectivity index (χ1v) is 13.4. The molecular formula is C32H38N+. The summed E-state index contributed by atoms with van der Waals surface area (Å²) in [4.78, 5) is 0. The van der Waals surface area contributed by atoms with E-state index < -0.39 is 0 Å². The highest BCUT2D eigenvalue weighted by Gasteiger charge is 2.50. The van der Waals surface area contributed by atoms with Gasteiger partial charge in [0, 0.05) is 35.9 Å². The molecule has 6 rings (SSSR count). The lowest BCUT2D eigenvalue weighted by Gasteiger charge is -2.37. The van der Waals surface area contributed by atoms with E-state index >= 15 is 0 Å². The smallest absolute Gasteiger partial charge is 0.182 e. The zero-order valence-corrected chi connectivity index (χ0v) is 20.9. The number of unbranched alkanes of at least 4 members (excludes halogenated alkanes) is 1. The molecule has 1 saturated carbocycles. The number of hydrogen-bond donors (Lipinski definition) is 0. The number of benzene rings is 2. The Hall–Kier alpha value is -2.41. The fourth-order valence-electron chi connectivity index (χ4n) is 7.81. The van der Waals surface area contributed by atoms with Crippen molar-refractivity contribution in [3.63, 3.8) is 0 Å². The van der Waals surface area contributed by atoms with Crippen LogP contribution in [-0.4, -0.2) is 0 Å². The van der Waals surface area contributed by atoms with Crippen molar-refractivity contribution in [2.45, 2.75) is 90.0 Å². The van der Waals surface area contributed by atoms with Gasteiger partial charge in [-0.2, -0.15) is 4.57 Å². The van der Waals surface area contributed by atoms with Crippen LogP contribution in [0.25, 0.3) is 27.7 Å². The minimum absolute atomic E-state index is 0.0643. The Morgan fingerprint density at radius 2 is 1.76 bits per heavy atom. The summed E-state index contributed by atoms with van der Waals surface area (Å²) < 4.78 is 2.66. The molecule has 0 spiro atoms. The number of pyridine rings is 1. The molecule has 3 aliphatic rings. The molecule has 1 aromatic heterocycles. The SMILES string of the molecule is C=C1c2cc3c(cc2-c2ccc4c(C)cccc4[n+]2C1(CC)CC)C1CC3CC1CCCC. The van der Waals surface area contributed by atoms with Crippen molar-refractivity contribution in [2.75, 3.05) is 0 Å². The van der Waals surface area contributed by atoms with Crippen LogP contribution in [0.3, 0.4) is 0 Å². The highest BCUT2D eigenvalue weighted by atomic mass is 15.1. The van der Waals surface area contributed by atoms with Crippen LogP contribution in [0.2, 0.25) is 0 Å². The molecule has 0 N–H and O–H groups in total. The Morgan fingerprint density at radius 1 is 0.970 bits per heavy atom. The molecule has 1 heteroatoms. The summed E-state index contributed by atoms with van der Waals surface area (Å²) >= 11 is 0. The summed E-state index contributed by atoms with van der Waals surface area (Å²) in [7, 11) is 0. The standard InChI is InChI=1S/C32H38N/c1-6-9-12-22-16-23-17-26(22)28-19-29-25(18-27(23)28)21(5)32(7-2,8-3)33-30-13-10-11-20(4)24(30)14-15-31(29)33/h10-11,13-15,18-19,22-23,26H,5-9,12,16-17H2,1-4H3/q+1. The maximum Gasteiger partial charge on any atom is 0.214 e. The zero-order chi connectivity index (χ0) is 22.9. The monoisotopic (exact) mass is 436 g/mol. The van der Waals surface area contributed by atoms with Gasteiger partial charge in [-0.1, -0.05) is 52.3 Å². The quantitative estimate of drug-likeness (QED) is 0.353. The van der Waals surface area contributed by atoms with Crippen molar-refractivity contribution in [3.05, 3.63) is 71.3 Å². The highest BCUT2D eigenvalue weighted by Crippen LogP contribution is 2.59. The number of fused-ring (bicyclic) bond motifs is 10. The minimum atomic E-state index is -0.0643. The van der Waals surface area contributed by atoms with Crippen LogP contribution in [0, 0.1) is 12.8 Å². The maximum atomic E-state index is 4.80. The Bertz CT molecular complexity index is 1280. The van der Waals surface area contributed by atoms with E-state index in [-0.39, 0.29) is 5.54 Å². The average molecular weight is 437 g/mol. The van der Waals surface area contributed by atoms with Crippen molar-refractivity contribution >= 4 is 16.5 Å². The van der Waals surface area contributed by atoms with Gasteiger partial charge >= 0.3 is 0 Å². The largest absolute Gasteiger partial charge is 0.214 e. The molecular weight excluding hydrogens is 398 g/mol. The second-order valence-corrected chi connectivity index (χ2v) is 11.0. The van der Waals surface area contributed by atoms with E-state index in [1.165, 1.54) is 71.0 Å². The molecule has 0 saturated heterocycles. The van der Waals surface area contributed by atoms with Gasteiger partial charge < -0.3 is 0 Å². The van der Waals surface area contributed by atoms with Gasteiger partial charge in [-0.15, -0.1) is 0 Å². The van der Waals surface area contributed by atoms with Crippen molar-refractivity contribution in [2.24, 2.45) is 5.92 Å². The molecule has 1 aliphatic heterocycles. The number of nitrogens with zero attached hydrogens (tertiary/aromatic N) is 1. The van der Waals surface area contributed by atoms with Gasteiger partial charge in [0.15, 0.2) is 5.54 Å². The topological polar surface area (TPSA) is 3.88 Å². The van der Waals surface area contributed by atoms with Crippen LogP contribution in [-0.2, 0) is 5.54 Å². The molecule has 33 heavy (non-hydrogen) atoms. The van der Waals surface area contributed by atoms with Gasteiger partial charge in [-0.25, -0.2) is 0 Å². The highest BCUT2D eigenvalue weighted by molar-refractivity contribution is 5.88. The molecule has 170 valence electrons. The van der Waals surface area contributed by atoms with Crippen molar-refractivity contribution in [1.82, 2.24) is 0 Å². The molecule has 2 aliphatic carbocycles. The van der Waals surface area contributed by atoms with Crippen molar-refractivity contribution in [3.8, 4) is 11.3 Å². The van der Waals surface area contributed by atoms with E-state index in [0.717, 1.165) is 30.6 Å². The van der Waals surface area contributed by atoms with Gasteiger partial charge in [-0.05, 0) is 84.4 Å². The number of rotatable bonds is 5. The zero-order valence-electron chi connectivity index (χ0n) is 20.9. The summed E-state index contributed by atoms with van der Waals surface area (Å²) in [5.41, 5.74) is 11.5.